The number of aliphatic hydroxyl groups is 1. The molecule has 0 saturated heterocycles. The van der Waals surface area contributed by atoms with E-state index in [9.17, 15) is 19.8 Å². The van der Waals surface area contributed by atoms with Crippen molar-refractivity contribution in [2.75, 3.05) is 6.61 Å². The molecule has 0 radical (unpaired) electrons. The highest BCUT2D eigenvalue weighted by Crippen LogP contribution is 2.67. The van der Waals surface area contributed by atoms with Gasteiger partial charge in [-0.05, 0) is 98.5 Å². The number of amides is 1. The summed E-state index contributed by atoms with van der Waals surface area (Å²) in [7, 11) is 0. The third-order valence-electron chi connectivity index (χ3n) is 10.8. The van der Waals surface area contributed by atoms with Gasteiger partial charge in [-0.25, -0.2) is 4.79 Å². The summed E-state index contributed by atoms with van der Waals surface area (Å²) in [6.45, 7) is 6.49. The third-order valence-corrected chi connectivity index (χ3v) is 10.8. The second-order valence-corrected chi connectivity index (χ2v) is 12.8. The van der Waals surface area contributed by atoms with Crippen LogP contribution in [0, 0.1) is 28.6 Å². The Hall–Kier alpha value is -2.67. The first-order valence-electron chi connectivity index (χ1n) is 14.2. The highest BCUT2D eigenvalue weighted by Gasteiger charge is 2.62. The number of allylic oxidation sites excluding steroid dienone is 2. The zero-order chi connectivity index (χ0) is 27.1. The van der Waals surface area contributed by atoms with Crippen LogP contribution in [-0.2, 0) is 20.8 Å². The molecule has 1 amide bonds. The van der Waals surface area contributed by atoms with Gasteiger partial charge in [0.1, 0.15) is 6.04 Å². The Morgan fingerprint density at radius 2 is 1.79 bits per heavy atom. The molecule has 1 aromatic rings. The van der Waals surface area contributed by atoms with Gasteiger partial charge in [0.15, 0.2) is 6.61 Å². The molecule has 3 unspecified atom stereocenters. The number of nitrogens with one attached hydrogen (secondary N) is 1. The van der Waals surface area contributed by atoms with Crippen molar-refractivity contribution in [3.05, 3.63) is 47.5 Å². The molecule has 0 aliphatic heterocycles. The summed E-state index contributed by atoms with van der Waals surface area (Å²) in [5.74, 6) is 0.332. The maximum absolute atomic E-state index is 12.4. The van der Waals surface area contributed by atoms with Crippen LogP contribution in [0.1, 0.15) is 77.7 Å². The molecule has 3 saturated carbocycles. The highest BCUT2D eigenvalue weighted by molar-refractivity contribution is 5.96. The van der Waals surface area contributed by atoms with E-state index < -0.39 is 23.5 Å². The van der Waals surface area contributed by atoms with E-state index in [-0.39, 0.29) is 23.9 Å². The number of fused-ring (bicyclic) bond motifs is 5. The molecule has 7 heteroatoms. The summed E-state index contributed by atoms with van der Waals surface area (Å²) in [6, 6.07) is 8.21. The van der Waals surface area contributed by atoms with Gasteiger partial charge in [-0.3, -0.25) is 4.79 Å². The van der Waals surface area contributed by atoms with E-state index in [0.717, 1.165) is 56.2 Å². The van der Waals surface area contributed by atoms with Gasteiger partial charge in [-0.1, -0.05) is 54.9 Å². The number of carboxylic acids is 1. The molecule has 206 valence electrons. The molecule has 7 nitrogen and oxygen atoms in total. The van der Waals surface area contributed by atoms with Crippen molar-refractivity contribution in [1.29, 1.82) is 0 Å². The van der Waals surface area contributed by atoms with Gasteiger partial charge in [0, 0.05) is 6.42 Å². The molecule has 38 heavy (non-hydrogen) atoms. The Labute approximate surface area is 225 Å². The number of oxime groups is 1. The van der Waals surface area contributed by atoms with E-state index in [4.69, 9.17) is 4.84 Å². The first-order chi connectivity index (χ1) is 18.0. The molecule has 3 fully saturated rings. The smallest absolute Gasteiger partial charge is 0.326 e. The number of benzene rings is 1. The number of carbonyl (C=O) groups excluding carboxylic acids is 1. The molecule has 0 heterocycles. The van der Waals surface area contributed by atoms with Crippen molar-refractivity contribution in [2.45, 2.75) is 90.2 Å². The number of carbonyl (C=O) groups is 2. The number of aliphatic carboxylic acids is 1. The summed E-state index contributed by atoms with van der Waals surface area (Å²) >= 11 is 0. The minimum absolute atomic E-state index is 0.0299. The predicted molar refractivity (Wildman–Crippen MR) is 145 cm³/mol. The van der Waals surface area contributed by atoms with Crippen LogP contribution in [0.4, 0.5) is 0 Å². The second kappa shape index (κ2) is 10.1. The van der Waals surface area contributed by atoms with Crippen molar-refractivity contribution in [3.8, 4) is 0 Å². The predicted octanol–water partition coefficient (Wildman–Crippen LogP) is 4.88. The van der Waals surface area contributed by atoms with E-state index in [1.165, 1.54) is 12.0 Å². The molecule has 0 aromatic heterocycles. The molecular weight excluding hydrogens is 480 g/mol. The Morgan fingerprint density at radius 3 is 2.53 bits per heavy atom. The lowest BCUT2D eigenvalue weighted by molar-refractivity contribution is -0.142. The first kappa shape index (κ1) is 26.9. The molecule has 0 bridgehead atoms. The Bertz CT molecular complexity index is 1130. The molecule has 5 rings (SSSR count). The van der Waals surface area contributed by atoms with Crippen LogP contribution in [0.5, 0.6) is 0 Å². The van der Waals surface area contributed by atoms with Crippen molar-refractivity contribution in [1.82, 2.24) is 5.32 Å². The van der Waals surface area contributed by atoms with Crippen LogP contribution in [0.25, 0.3) is 0 Å². The highest BCUT2D eigenvalue weighted by atomic mass is 16.6. The zero-order valence-corrected chi connectivity index (χ0v) is 22.9. The minimum Gasteiger partial charge on any atom is -0.480 e. The largest absolute Gasteiger partial charge is 0.480 e. The van der Waals surface area contributed by atoms with Gasteiger partial charge in [0.25, 0.3) is 5.91 Å². The van der Waals surface area contributed by atoms with E-state index >= 15 is 0 Å². The van der Waals surface area contributed by atoms with Crippen LogP contribution in [0.15, 0.2) is 47.1 Å². The molecule has 3 N–H and O–H groups in total. The van der Waals surface area contributed by atoms with Crippen molar-refractivity contribution in [3.63, 3.8) is 0 Å². The fraction of sp³-hybridized carbons (Fsp3) is 0.645. The quantitative estimate of drug-likeness (QED) is 0.442. The summed E-state index contributed by atoms with van der Waals surface area (Å²) in [4.78, 5) is 29.4. The summed E-state index contributed by atoms with van der Waals surface area (Å²) in [6.07, 6.45) is 10.7. The molecule has 7 atom stereocenters. The fourth-order valence-corrected chi connectivity index (χ4v) is 8.35. The Balaban J connectivity index is 1.19. The number of hydrogen-bond donors (Lipinski definition) is 3. The third kappa shape index (κ3) is 4.78. The van der Waals surface area contributed by atoms with Gasteiger partial charge in [-0.15, -0.1) is 0 Å². The Kier molecular flexibility index (Phi) is 7.18. The number of hydrogen-bond acceptors (Lipinski definition) is 5. The molecular formula is C31H42N2O5. The number of carboxylic acid groups (broad SMARTS) is 1. The first-order valence-corrected chi connectivity index (χ1v) is 14.2. The summed E-state index contributed by atoms with van der Waals surface area (Å²) in [5, 5.41) is 27.5. The van der Waals surface area contributed by atoms with Gasteiger partial charge in [-0.2, -0.15) is 0 Å². The average molecular weight is 523 g/mol. The normalized spacial score (nSPS) is 37.8. The maximum atomic E-state index is 12.4. The minimum atomic E-state index is -1.08. The lowest BCUT2D eigenvalue weighted by atomic mass is 9.46. The van der Waals surface area contributed by atoms with E-state index in [2.05, 4.69) is 37.3 Å². The molecule has 1 aromatic carbocycles. The SMILES string of the molecule is C[C@]12CCC(=NOCC(=O)NC(Cc3ccccc3)C(=O)O)C=C1CC[C@@H]1C2CC[C@@]2(C)C1CC[C@]2(C)O. The maximum Gasteiger partial charge on any atom is 0.326 e. The summed E-state index contributed by atoms with van der Waals surface area (Å²) < 4.78 is 0. The second-order valence-electron chi connectivity index (χ2n) is 12.8. The topological polar surface area (TPSA) is 108 Å². The lowest BCUT2D eigenvalue weighted by Gasteiger charge is -2.59. The van der Waals surface area contributed by atoms with Crippen LogP contribution < -0.4 is 5.32 Å². The van der Waals surface area contributed by atoms with E-state index in [0.29, 0.717) is 17.8 Å². The van der Waals surface area contributed by atoms with Crippen molar-refractivity contribution >= 4 is 17.6 Å². The number of nitrogens with zero attached hydrogens (tertiary/aromatic N) is 1. The van der Waals surface area contributed by atoms with Crippen LogP contribution >= 0.6 is 0 Å². The van der Waals surface area contributed by atoms with Crippen molar-refractivity contribution in [2.24, 2.45) is 33.7 Å². The van der Waals surface area contributed by atoms with Gasteiger partial charge in [0.05, 0.1) is 11.3 Å². The van der Waals surface area contributed by atoms with Gasteiger partial charge >= 0.3 is 5.97 Å². The van der Waals surface area contributed by atoms with E-state index in [1.54, 1.807) is 0 Å². The molecule has 0 spiro atoms. The van der Waals surface area contributed by atoms with Crippen LogP contribution in [0.2, 0.25) is 0 Å². The van der Waals surface area contributed by atoms with Crippen LogP contribution in [-0.4, -0.2) is 46.1 Å². The summed E-state index contributed by atoms with van der Waals surface area (Å²) in [5.41, 5.74) is 2.77. The van der Waals surface area contributed by atoms with Crippen molar-refractivity contribution < 1.29 is 24.6 Å². The molecule has 4 aliphatic carbocycles. The fourth-order valence-electron chi connectivity index (χ4n) is 8.35. The molecule has 4 aliphatic rings. The van der Waals surface area contributed by atoms with E-state index in [1.807, 2.05) is 30.3 Å². The lowest BCUT2D eigenvalue weighted by Crippen LogP contribution is -2.53. The zero-order valence-electron chi connectivity index (χ0n) is 22.9. The van der Waals surface area contributed by atoms with Gasteiger partial charge < -0.3 is 20.4 Å². The number of rotatable bonds is 7. The Morgan fingerprint density at radius 1 is 1.05 bits per heavy atom. The van der Waals surface area contributed by atoms with Gasteiger partial charge in [0.2, 0.25) is 0 Å². The monoisotopic (exact) mass is 522 g/mol. The standard InChI is InChI=1S/C31H42N2O5/c1-29-14-11-22(33-38-19-27(34)32-26(28(35)36)17-20-7-5-4-6-8-20)18-21(29)9-10-23-24(29)12-15-30(2)25(23)13-16-31(30,3)37/h4-8,18,23-26,37H,9-17,19H2,1-3H3,(H,32,34)(H,35,36)/t23-,24?,25?,26?,29+,30+,31+/m1/s1. The van der Waals surface area contributed by atoms with Crippen LogP contribution in [0.3, 0.4) is 0 Å². The average Bonchev–Trinajstić information content (AvgIpc) is 3.13.